The average molecular weight is 369 g/mol. The number of hydrogen-bond acceptors (Lipinski definition) is 3. The van der Waals surface area contributed by atoms with Gasteiger partial charge in [0.2, 0.25) is 0 Å². The van der Waals surface area contributed by atoms with E-state index in [-0.39, 0.29) is 0 Å². The highest BCUT2D eigenvalue weighted by atomic mass is 79.9. The number of benzene rings is 1. The van der Waals surface area contributed by atoms with E-state index in [0.29, 0.717) is 5.92 Å². The van der Waals surface area contributed by atoms with Crippen LogP contribution in [0.15, 0.2) is 22.7 Å². The Balaban J connectivity index is 1.68. The van der Waals surface area contributed by atoms with Crippen LogP contribution in [0.2, 0.25) is 0 Å². The molecule has 1 saturated heterocycles. The van der Waals surface area contributed by atoms with Gasteiger partial charge in [0.1, 0.15) is 5.75 Å². The summed E-state index contributed by atoms with van der Waals surface area (Å²) in [7, 11) is 2.20. The topological polar surface area (TPSA) is 15.7 Å². The van der Waals surface area contributed by atoms with Crippen molar-refractivity contribution in [3.05, 3.63) is 28.2 Å². The Morgan fingerprint density at radius 3 is 2.55 bits per heavy atom. The number of ether oxygens (including phenoxy) is 1. The summed E-state index contributed by atoms with van der Waals surface area (Å²) in [6.45, 7) is 11.3. The number of hydrogen-bond donors (Lipinski definition) is 0. The fourth-order valence-corrected chi connectivity index (χ4v) is 3.17. The van der Waals surface area contributed by atoms with Crippen molar-refractivity contribution in [2.75, 3.05) is 46.4 Å². The molecule has 0 bridgehead atoms. The number of nitrogens with zero attached hydrogens (tertiary/aromatic N) is 2. The first kappa shape index (κ1) is 17.8. The Bertz CT molecular complexity index is 456. The summed E-state index contributed by atoms with van der Waals surface area (Å²) >= 11 is 3.54. The maximum atomic E-state index is 6.01. The van der Waals surface area contributed by atoms with Crippen molar-refractivity contribution in [1.29, 1.82) is 0 Å². The highest BCUT2D eigenvalue weighted by Gasteiger charge is 2.13. The third-order valence-electron chi connectivity index (χ3n) is 4.32. The van der Waals surface area contributed by atoms with Crippen molar-refractivity contribution in [1.82, 2.24) is 9.80 Å². The normalized spacial score (nSPS) is 17.1. The fourth-order valence-electron chi connectivity index (χ4n) is 2.79. The molecule has 1 heterocycles. The Hall–Kier alpha value is -0.580. The van der Waals surface area contributed by atoms with Gasteiger partial charge >= 0.3 is 0 Å². The molecule has 124 valence electrons. The van der Waals surface area contributed by atoms with Gasteiger partial charge in [-0.1, -0.05) is 29.8 Å². The van der Waals surface area contributed by atoms with Gasteiger partial charge in [-0.15, -0.1) is 0 Å². The second-order valence-corrected chi connectivity index (χ2v) is 7.45. The summed E-state index contributed by atoms with van der Waals surface area (Å²) in [6, 6.07) is 6.32. The Morgan fingerprint density at radius 1 is 1.14 bits per heavy atom. The van der Waals surface area contributed by atoms with Crippen LogP contribution in [0.3, 0.4) is 0 Å². The van der Waals surface area contributed by atoms with Gasteiger partial charge in [-0.2, -0.15) is 0 Å². The lowest BCUT2D eigenvalue weighted by molar-refractivity contribution is 0.149. The van der Waals surface area contributed by atoms with Crippen LogP contribution < -0.4 is 4.74 Å². The van der Waals surface area contributed by atoms with E-state index in [1.54, 1.807) is 0 Å². The van der Waals surface area contributed by atoms with Gasteiger partial charge < -0.3 is 14.5 Å². The Kier molecular flexibility index (Phi) is 7.19. The van der Waals surface area contributed by atoms with Crippen molar-refractivity contribution in [3.8, 4) is 5.75 Å². The van der Waals surface area contributed by atoms with Gasteiger partial charge in [-0.3, -0.25) is 0 Å². The number of rotatable bonds is 7. The van der Waals surface area contributed by atoms with Gasteiger partial charge in [0.15, 0.2) is 0 Å². The predicted molar refractivity (Wildman–Crippen MR) is 96.9 cm³/mol. The fraction of sp³-hybridized carbons (Fsp3) is 0.667. The largest absolute Gasteiger partial charge is 0.493 e. The molecule has 1 aromatic carbocycles. The van der Waals surface area contributed by atoms with E-state index in [2.05, 4.69) is 64.8 Å². The van der Waals surface area contributed by atoms with Crippen LogP contribution in [0, 0.1) is 0 Å². The molecular formula is C18H29BrN2O. The molecule has 0 unspecified atom stereocenters. The molecular weight excluding hydrogens is 340 g/mol. The molecule has 4 heteroatoms. The highest BCUT2D eigenvalue weighted by Crippen LogP contribution is 2.29. The predicted octanol–water partition coefficient (Wildman–Crippen LogP) is 3.98. The summed E-state index contributed by atoms with van der Waals surface area (Å²) in [5, 5.41) is 0. The lowest BCUT2D eigenvalue weighted by atomic mass is 10.0. The Labute approximate surface area is 143 Å². The molecule has 0 N–H and O–H groups in total. The molecule has 0 radical (unpaired) electrons. The van der Waals surface area contributed by atoms with E-state index in [1.165, 1.54) is 44.7 Å². The third-order valence-corrected chi connectivity index (χ3v) is 4.81. The van der Waals surface area contributed by atoms with Gasteiger partial charge in [-0.25, -0.2) is 0 Å². The minimum atomic E-state index is 0.484. The van der Waals surface area contributed by atoms with Gasteiger partial charge in [-0.05, 0) is 56.1 Å². The van der Waals surface area contributed by atoms with E-state index in [1.807, 2.05) is 0 Å². The maximum absolute atomic E-state index is 6.01. The van der Waals surface area contributed by atoms with E-state index in [0.717, 1.165) is 23.2 Å². The molecule has 0 spiro atoms. The van der Waals surface area contributed by atoms with Crippen LogP contribution >= 0.6 is 15.9 Å². The quantitative estimate of drug-likeness (QED) is 0.677. The molecule has 1 fully saturated rings. The minimum Gasteiger partial charge on any atom is -0.493 e. The van der Waals surface area contributed by atoms with E-state index in [4.69, 9.17) is 4.74 Å². The van der Waals surface area contributed by atoms with Crippen molar-refractivity contribution < 1.29 is 4.74 Å². The van der Waals surface area contributed by atoms with Gasteiger partial charge in [0.25, 0.3) is 0 Å². The molecule has 1 aromatic rings. The van der Waals surface area contributed by atoms with Gasteiger partial charge in [0, 0.05) is 30.7 Å². The monoisotopic (exact) mass is 368 g/mol. The lowest BCUT2D eigenvalue weighted by Gasteiger charge is -2.32. The smallest absolute Gasteiger partial charge is 0.122 e. The highest BCUT2D eigenvalue weighted by molar-refractivity contribution is 9.10. The van der Waals surface area contributed by atoms with Crippen molar-refractivity contribution >= 4 is 15.9 Å². The van der Waals surface area contributed by atoms with Crippen LogP contribution in [-0.2, 0) is 0 Å². The Morgan fingerprint density at radius 2 is 1.86 bits per heavy atom. The molecule has 0 amide bonds. The second kappa shape index (κ2) is 8.90. The van der Waals surface area contributed by atoms with Crippen LogP contribution in [0.25, 0.3) is 0 Å². The minimum absolute atomic E-state index is 0.484. The van der Waals surface area contributed by atoms with Crippen molar-refractivity contribution in [2.24, 2.45) is 0 Å². The van der Waals surface area contributed by atoms with E-state index in [9.17, 15) is 0 Å². The first-order chi connectivity index (χ1) is 10.6. The number of piperazine rings is 1. The standard InChI is InChI=1S/C18H29BrN2O/c1-15(2)17-14-16(19)6-7-18(17)22-13-5-4-8-21-11-9-20(3)10-12-21/h6-7,14-15H,4-5,8-13H2,1-3H3. The summed E-state index contributed by atoms with van der Waals surface area (Å²) in [4.78, 5) is 4.97. The van der Waals surface area contributed by atoms with Crippen molar-refractivity contribution in [3.63, 3.8) is 0 Å². The molecule has 0 atom stereocenters. The maximum Gasteiger partial charge on any atom is 0.122 e. The first-order valence-corrected chi connectivity index (χ1v) is 9.18. The SMILES string of the molecule is CC(C)c1cc(Br)ccc1OCCCCN1CCN(C)CC1. The van der Waals surface area contributed by atoms with Gasteiger partial charge in [0.05, 0.1) is 6.61 Å². The van der Waals surface area contributed by atoms with E-state index < -0.39 is 0 Å². The number of halogens is 1. The van der Waals surface area contributed by atoms with Crippen molar-refractivity contribution in [2.45, 2.75) is 32.6 Å². The van der Waals surface area contributed by atoms with Crippen LogP contribution in [0.5, 0.6) is 5.75 Å². The summed E-state index contributed by atoms with van der Waals surface area (Å²) in [6.07, 6.45) is 2.34. The summed E-state index contributed by atoms with van der Waals surface area (Å²) < 4.78 is 7.14. The molecule has 0 aliphatic carbocycles. The second-order valence-electron chi connectivity index (χ2n) is 6.54. The molecule has 1 aliphatic rings. The number of likely N-dealkylation sites (N-methyl/N-ethyl adjacent to an activating group) is 1. The molecule has 1 aliphatic heterocycles. The van der Waals surface area contributed by atoms with Crippen LogP contribution in [0.1, 0.15) is 38.2 Å². The van der Waals surface area contributed by atoms with E-state index >= 15 is 0 Å². The molecule has 2 rings (SSSR count). The lowest BCUT2D eigenvalue weighted by Crippen LogP contribution is -2.44. The number of unbranched alkanes of at least 4 members (excludes halogenated alkanes) is 1. The third kappa shape index (κ3) is 5.56. The first-order valence-electron chi connectivity index (χ1n) is 8.39. The zero-order valence-corrected chi connectivity index (χ0v) is 15.7. The molecule has 0 aromatic heterocycles. The zero-order chi connectivity index (χ0) is 15.9. The summed E-state index contributed by atoms with van der Waals surface area (Å²) in [5.74, 6) is 1.52. The average Bonchev–Trinajstić information content (AvgIpc) is 2.50. The zero-order valence-electron chi connectivity index (χ0n) is 14.1. The van der Waals surface area contributed by atoms with Crippen LogP contribution in [0.4, 0.5) is 0 Å². The molecule has 3 nitrogen and oxygen atoms in total. The molecule has 0 saturated carbocycles. The van der Waals surface area contributed by atoms with Crippen LogP contribution in [-0.4, -0.2) is 56.2 Å². The molecule has 22 heavy (non-hydrogen) atoms. The summed E-state index contributed by atoms with van der Waals surface area (Å²) in [5.41, 5.74) is 1.29.